The van der Waals surface area contributed by atoms with Crippen LogP contribution >= 0.6 is 8.25 Å². The van der Waals surface area contributed by atoms with Crippen LogP contribution in [0.4, 0.5) is 0 Å². The van der Waals surface area contributed by atoms with Gasteiger partial charge in [-0.25, -0.2) is 4.79 Å². The van der Waals surface area contributed by atoms with Crippen LogP contribution < -0.4 is 11.5 Å². The van der Waals surface area contributed by atoms with Crippen molar-refractivity contribution in [3.63, 3.8) is 0 Å². The second-order valence-electron chi connectivity index (χ2n) is 3.55. The molecule has 0 saturated heterocycles. The molecular formula is C11H16N2O4P+. The molecule has 6 nitrogen and oxygen atoms in total. The first-order valence-corrected chi connectivity index (χ1v) is 6.54. The van der Waals surface area contributed by atoms with E-state index in [0.717, 1.165) is 5.56 Å². The summed E-state index contributed by atoms with van der Waals surface area (Å²) in [6, 6.07) is 8.38. The third kappa shape index (κ3) is 5.33. The molecule has 7 heteroatoms. The molecule has 0 fully saturated rings. The van der Waals surface area contributed by atoms with Crippen molar-refractivity contribution in [2.24, 2.45) is 11.5 Å². The van der Waals surface area contributed by atoms with E-state index in [-0.39, 0.29) is 13.2 Å². The van der Waals surface area contributed by atoms with Crippen molar-refractivity contribution in [1.29, 1.82) is 0 Å². The van der Waals surface area contributed by atoms with Gasteiger partial charge in [-0.15, -0.1) is 4.52 Å². The van der Waals surface area contributed by atoms with Crippen LogP contribution in [0.1, 0.15) is 5.56 Å². The summed E-state index contributed by atoms with van der Waals surface area (Å²) >= 11 is 0. The van der Waals surface area contributed by atoms with Crippen molar-refractivity contribution in [2.75, 3.05) is 13.2 Å². The third-order valence-corrected chi connectivity index (χ3v) is 2.80. The Hall–Kier alpha value is -1.33. The third-order valence-electron chi connectivity index (χ3n) is 2.08. The quantitative estimate of drug-likeness (QED) is 0.708. The molecule has 0 spiro atoms. The largest absolute Gasteiger partial charge is 0.753 e. The molecule has 1 aromatic carbocycles. The summed E-state index contributed by atoms with van der Waals surface area (Å²) in [7, 11) is -2.49. The van der Waals surface area contributed by atoms with E-state index < -0.39 is 20.3 Å². The van der Waals surface area contributed by atoms with Gasteiger partial charge in [0.15, 0.2) is 0 Å². The Labute approximate surface area is 106 Å². The van der Waals surface area contributed by atoms with Gasteiger partial charge >= 0.3 is 14.2 Å². The Kier molecular flexibility index (Phi) is 6.46. The molecule has 4 N–H and O–H groups in total. The molecule has 1 unspecified atom stereocenters. The molecule has 1 rings (SSSR count). The number of hydrogen-bond donors (Lipinski definition) is 2. The summed E-state index contributed by atoms with van der Waals surface area (Å²) in [5.41, 5.74) is 11.7. The van der Waals surface area contributed by atoms with Crippen LogP contribution in [0.15, 0.2) is 30.3 Å². The van der Waals surface area contributed by atoms with Crippen LogP contribution in [0.3, 0.4) is 0 Å². The first kappa shape index (κ1) is 14.7. The first-order chi connectivity index (χ1) is 8.63. The Balaban J connectivity index is 2.40. The number of rotatable bonds is 7. The number of benzene rings is 1. The predicted octanol–water partition coefficient (Wildman–Crippen LogP) is 0.732. The van der Waals surface area contributed by atoms with Crippen LogP contribution in [-0.4, -0.2) is 25.2 Å². The van der Waals surface area contributed by atoms with Gasteiger partial charge in [0.2, 0.25) is 0 Å². The van der Waals surface area contributed by atoms with Crippen LogP contribution in [0, 0.1) is 0 Å². The van der Waals surface area contributed by atoms with E-state index in [0.29, 0.717) is 6.42 Å². The Bertz CT molecular complexity index is 399. The van der Waals surface area contributed by atoms with Crippen molar-refractivity contribution in [3.05, 3.63) is 35.9 Å². The second kappa shape index (κ2) is 7.89. The van der Waals surface area contributed by atoms with E-state index in [1.165, 1.54) is 0 Å². The lowest BCUT2D eigenvalue weighted by atomic mass is 10.1. The average molecular weight is 271 g/mol. The van der Waals surface area contributed by atoms with Crippen LogP contribution in [0.2, 0.25) is 0 Å². The maximum atomic E-state index is 11.5. The van der Waals surface area contributed by atoms with Crippen LogP contribution in [0.5, 0.6) is 0 Å². The molecule has 0 bridgehead atoms. The smallest absolute Gasteiger partial charge is 0.328 e. The fourth-order valence-electron chi connectivity index (χ4n) is 1.25. The van der Waals surface area contributed by atoms with Gasteiger partial charge in [0.05, 0.1) is 0 Å². The summed E-state index contributed by atoms with van der Waals surface area (Å²) in [4.78, 5) is 11.5. The van der Waals surface area contributed by atoms with Crippen LogP contribution in [-0.2, 0) is 24.8 Å². The highest BCUT2D eigenvalue weighted by Gasteiger charge is 2.29. The number of hydrogen-bond acceptors (Lipinski definition) is 6. The van der Waals surface area contributed by atoms with E-state index >= 15 is 0 Å². The molecule has 0 aliphatic carbocycles. The van der Waals surface area contributed by atoms with Crippen molar-refractivity contribution in [1.82, 2.24) is 0 Å². The minimum atomic E-state index is -2.49. The molecule has 0 amide bonds. The topological polar surface area (TPSA) is 105 Å². The molecule has 0 aliphatic heterocycles. The Morgan fingerprint density at radius 2 is 2.00 bits per heavy atom. The number of carbonyl (C=O) groups is 1. The lowest BCUT2D eigenvalue weighted by molar-refractivity contribution is -0.136. The molecule has 1 aromatic rings. The number of carbonyl (C=O) groups excluding carboxylic acids is 1. The molecule has 0 radical (unpaired) electrons. The van der Waals surface area contributed by atoms with Gasteiger partial charge in [0.1, 0.15) is 12.6 Å². The zero-order chi connectivity index (χ0) is 13.4. The van der Waals surface area contributed by atoms with E-state index in [2.05, 4.69) is 9.05 Å². The van der Waals surface area contributed by atoms with Gasteiger partial charge in [-0.3, -0.25) is 0 Å². The van der Waals surface area contributed by atoms with Gasteiger partial charge in [0.25, 0.3) is 0 Å². The van der Waals surface area contributed by atoms with Crippen molar-refractivity contribution < 1.29 is 18.4 Å². The van der Waals surface area contributed by atoms with Gasteiger partial charge < -0.3 is 11.5 Å². The molecule has 0 heterocycles. The minimum absolute atomic E-state index is 0.0659. The van der Waals surface area contributed by atoms with E-state index in [1.807, 2.05) is 30.3 Å². The standard InChI is InChI=1S/C11H16N2O4P/c12-6-7-16-18(15)17-11(14)10(13)8-9-4-2-1-3-5-9/h1-5,10H,6-8,12-13H2/q+1/t10-/m1/s1. The lowest BCUT2D eigenvalue weighted by Gasteiger charge is -2.05. The Morgan fingerprint density at radius 3 is 2.61 bits per heavy atom. The predicted molar refractivity (Wildman–Crippen MR) is 66.8 cm³/mol. The van der Waals surface area contributed by atoms with Gasteiger partial charge in [-0.2, -0.15) is 4.52 Å². The SMILES string of the molecule is NCCO[P+](=O)OC(=O)[C@H](N)Cc1ccccc1. The summed E-state index contributed by atoms with van der Waals surface area (Å²) < 4.78 is 20.3. The molecule has 2 atom stereocenters. The summed E-state index contributed by atoms with van der Waals surface area (Å²) in [6.07, 6.45) is 0.319. The zero-order valence-corrected chi connectivity index (χ0v) is 10.7. The molecule has 0 saturated carbocycles. The minimum Gasteiger partial charge on any atom is -0.328 e. The molecule has 0 aliphatic rings. The monoisotopic (exact) mass is 271 g/mol. The van der Waals surface area contributed by atoms with Crippen molar-refractivity contribution in [2.45, 2.75) is 12.5 Å². The highest BCUT2D eigenvalue weighted by atomic mass is 31.1. The average Bonchev–Trinajstić information content (AvgIpc) is 2.37. The fraction of sp³-hybridized carbons (Fsp3) is 0.364. The van der Waals surface area contributed by atoms with E-state index in [4.69, 9.17) is 11.5 Å². The second-order valence-corrected chi connectivity index (χ2v) is 4.44. The molecular weight excluding hydrogens is 255 g/mol. The number of nitrogens with two attached hydrogens (primary N) is 2. The molecule has 18 heavy (non-hydrogen) atoms. The van der Waals surface area contributed by atoms with Crippen molar-refractivity contribution in [3.8, 4) is 0 Å². The summed E-state index contributed by atoms with van der Waals surface area (Å²) in [5, 5.41) is 0. The van der Waals surface area contributed by atoms with Gasteiger partial charge in [0, 0.05) is 11.1 Å². The first-order valence-electron chi connectivity index (χ1n) is 5.45. The van der Waals surface area contributed by atoms with Crippen molar-refractivity contribution >= 4 is 14.2 Å². The molecule has 0 aromatic heterocycles. The maximum Gasteiger partial charge on any atom is 0.753 e. The van der Waals surface area contributed by atoms with E-state index in [1.54, 1.807) is 0 Å². The highest BCUT2D eigenvalue weighted by molar-refractivity contribution is 7.34. The normalized spacial score (nSPS) is 12.9. The van der Waals surface area contributed by atoms with Gasteiger partial charge in [-0.05, 0) is 12.0 Å². The fourth-order valence-corrected chi connectivity index (χ4v) is 1.84. The summed E-state index contributed by atoms with van der Waals surface area (Å²) in [6.45, 7) is 0.269. The summed E-state index contributed by atoms with van der Waals surface area (Å²) in [5.74, 6) is -0.753. The molecule has 98 valence electrons. The highest BCUT2D eigenvalue weighted by Crippen LogP contribution is 2.24. The van der Waals surface area contributed by atoms with Crippen LogP contribution in [0.25, 0.3) is 0 Å². The maximum absolute atomic E-state index is 11.5. The Morgan fingerprint density at radius 1 is 1.33 bits per heavy atom. The lowest BCUT2D eigenvalue weighted by Crippen LogP contribution is -2.33. The zero-order valence-electron chi connectivity index (χ0n) is 9.82. The van der Waals surface area contributed by atoms with E-state index in [9.17, 15) is 9.36 Å². The van der Waals surface area contributed by atoms with Gasteiger partial charge in [-0.1, -0.05) is 30.3 Å².